The SMILES string of the molecule is CCCn1nccc1NC(=O)Cc1cc(Cl)c2c(c1)OCCO2. The highest BCUT2D eigenvalue weighted by atomic mass is 35.5. The number of benzene rings is 1. The third-order valence-electron chi connectivity index (χ3n) is 3.44. The van der Waals surface area contributed by atoms with Crippen LogP contribution in [-0.4, -0.2) is 28.9 Å². The van der Waals surface area contributed by atoms with Crippen LogP contribution in [0.15, 0.2) is 24.4 Å². The van der Waals surface area contributed by atoms with Crippen LogP contribution in [0.3, 0.4) is 0 Å². The molecule has 0 atom stereocenters. The van der Waals surface area contributed by atoms with E-state index in [1.165, 1.54) is 0 Å². The molecular formula is C16H18ClN3O3. The van der Waals surface area contributed by atoms with E-state index in [9.17, 15) is 4.79 Å². The Hall–Kier alpha value is -2.21. The van der Waals surface area contributed by atoms with Crippen LogP contribution in [0.1, 0.15) is 18.9 Å². The zero-order valence-corrected chi connectivity index (χ0v) is 13.6. The van der Waals surface area contributed by atoms with Gasteiger partial charge >= 0.3 is 0 Å². The van der Waals surface area contributed by atoms with E-state index >= 15 is 0 Å². The molecule has 1 amide bonds. The summed E-state index contributed by atoms with van der Waals surface area (Å²) >= 11 is 6.19. The topological polar surface area (TPSA) is 65.4 Å². The standard InChI is InChI=1S/C16H18ClN3O3/c1-2-5-20-14(3-4-18-20)19-15(21)10-11-8-12(17)16-13(9-11)22-6-7-23-16/h3-4,8-9H,2,5-7,10H2,1H3,(H,19,21). The number of fused-ring (bicyclic) bond motifs is 1. The van der Waals surface area contributed by atoms with Crippen molar-refractivity contribution < 1.29 is 14.3 Å². The summed E-state index contributed by atoms with van der Waals surface area (Å²) in [6, 6.07) is 5.31. The normalized spacial score (nSPS) is 13.0. The summed E-state index contributed by atoms with van der Waals surface area (Å²) in [4.78, 5) is 12.2. The van der Waals surface area contributed by atoms with Crippen LogP contribution in [0.2, 0.25) is 5.02 Å². The summed E-state index contributed by atoms with van der Waals surface area (Å²) in [5.41, 5.74) is 0.776. The van der Waals surface area contributed by atoms with Crippen molar-refractivity contribution in [1.29, 1.82) is 0 Å². The maximum Gasteiger partial charge on any atom is 0.229 e. The molecule has 0 aliphatic carbocycles. The first-order valence-corrected chi connectivity index (χ1v) is 7.95. The van der Waals surface area contributed by atoms with Crippen molar-refractivity contribution >= 4 is 23.3 Å². The van der Waals surface area contributed by atoms with Crippen LogP contribution in [0.25, 0.3) is 0 Å². The Kier molecular flexibility index (Phi) is 4.71. The van der Waals surface area contributed by atoms with Crippen molar-refractivity contribution in [3.05, 3.63) is 35.0 Å². The number of hydrogen-bond donors (Lipinski definition) is 1. The molecule has 0 saturated carbocycles. The Morgan fingerprint density at radius 2 is 2.22 bits per heavy atom. The molecule has 2 heterocycles. The van der Waals surface area contributed by atoms with Crippen LogP contribution >= 0.6 is 11.6 Å². The fourth-order valence-electron chi connectivity index (χ4n) is 2.47. The van der Waals surface area contributed by atoms with Gasteiger partial charge in [-0.3, -0.25) is 4.79 Å². The second-order valence-electron chi connectivity index (χ2n) is 5.27. The summed E-state index contributed by atoms with van der Waals surface area (Å²) in [6.45, 7) is 3.78. The average Bonchev–Trinajstić information content (AvgIpc) is 2.94. The zero-order valence-electron chi connectivity index (χ0n) is 12.8. The molecule has 1 N–H and O–H groups in total. The van der Waals surface area contributed by atoms with Crippen LogP contribution in [0.5, 0.6) is 11.5 Å². The number of halogens is 1. The molecular weight excluding hydrogens is 318 g/mol. The maximum atomic E-state index is 12.2. The van der Waals surface area contributed by atoms with Gasteiger partial charge in [-0.05, 0) is 24.1 Å². The van der Waals surface area contributed by atoms with Crippen molar-refractivity contribution in [3.8, 4) is 11.5 Å². The van der Waals surface area contributed by atoms with E-state index in [2.05, 4.69) is 17.3 Å². The molecule has 1 aromatic heterocycles. The van der Waals surface area contributed by atoms with Crippen LogP contribution in [0, 0.1) is 0 Å². The highest BCUT2D eigenvalue weighted by Gasteiger charge is 2.18. The minimum Gasteiger partial charge on any atom is -0.486 e. The molecule has 1 aromatic carbocycles. The van der Waals surface area contributed by atoms with Gasteiger partial charge in [0.15, 0.2) is 11.5 Å². The summed E-state index contributed by atoms with van der Waals surface area (Å²) in [5.74, 6) is 1.70. The first-order chi connectivity index (χ1) is 11.2. The van der Waals surface area contributed by atoms with E-state index in [4.69, 9.17) is 21.1 Å². The Balaban J connectivity index is 1.70. The van der Waals surface area contributed by atoms with Gasteiger partial charge in [0.25, 0.3) is 0 Å². The fraction of sp³-hybridized carbons (Fsp3) is 0.375. The van der Waals surface area contributed by atoms with Crippen molar-refractivity contribution in [2.45, 2.75) is 26.3 Å². The van der Waals surface area contributed by atoms with Gasteiger partial charge in [-0.15, -0.1) is 0 Å². The van der Waals surface area contributed by atoms with Crippen molar-refractivity contribution in [2.75, 3.05) is 18.5 Å². The second-order valence-corrected chi connectivity index (χ2v) is 5.67. The molecule has 0 saturated heterocycles. The first kappa shape index (κ1) is 15.7. The number of amides is 1. The number of hydrogen-bond acceptors (Lipinski definition) is 4. The molecule has 1 aliphatic rings. The number of rotatable bonds is 5. The van der Waals surface area contributed by atoms with Gasteiger partial charge in [0.1, 0.15) is 19.0 Å². The third kappa shape index (κ3) is 3.59. The van der Waals surface area contributed by atoms with E-state index < -0.39 is 0 Å². The number of ether oxygens (including phenoxy) is 2. The van der Waals surface area contributed by atoms with Gasteiger partial charge < -0.3 is 14.8 Å². The molecule has 2 aromatic rings. The van der Waals surface area contributed by atoms with Gasteiger partial charge in [0, 0.05) is 12.6 Å². The number of carbonyl (C=O) groups excluding carboxylic acids is 1. The molecule has 6 nitrogen and oxygen atoms in total. The van der Waals surface area contributed by atoms with E-state index in [-0.39, 0.29) is 12.3 Å². The predicted molar refractivity (Wildman–Crippen MR) is 87.3 cm³/mol. The van der Waals surface area contributed by atoms with Crippen molar-refractivity contribution in [2.24, 2.45) is 0 Å². The molecule has 0 unspecified atom stereocenters. The van der Waals surface area contributed by atoms with Crippen LogP contribution in [-0.2, 0) is 17.8 Å². The molecule has 7 heteroatoms. The molecule has 0 spiro atoms. The lowest BCUT2D eigenvalue weighted by Crippen LogP contribution is -2.19. The average molecular weight is 336 g/mol. The van der Waals surface area contributed by atoms with Gasteiger partial charge in [-0.25, -0.2) is 4.68 Å². The number of nitrogens with one attached hydrogen (secondary N) is 1. The molecule has 1 aliphatic heterocycles. The lowest BCUT2D eigenvalue weighted by Gasteiger charge is -2.20. The first-order valence-electron chi connectivity index (χ1n) is 7.57. The monoisotopic (exact) mass is 335 g/mol. The number of nitrogens with zero attached hydrogens (tertiary/aromatic N) is 2. The number of carbonyl (C=O) groups is 1. The molecule has 23 heavy (non-hydrogen) atoms. The summed E-state index contributed by atoms with van der Waals surface area (Å²) in [5, 5.41) is 7.51. The maximum absolute atomic E-state index is 12.2. The summed E-state index contributed by atoms with van der Waals surface area (Å²) in [7, 11) is 0. The van der Waals surface area contributed by atoms with Crippen molar-refractivity contribution in [1.82, 2.24) is 9.78 Å². The molecule has 0 bridgehead atoms. The molecule has 3 rings (SSSR count). The summed E-state index contributed by atoms with van der Waals surface area (Å²) < 4.78 is 12.8. The second kappa shape index (κ2) is 6.91. The Morgan fingerprint density at radius 1 is 1.39 bits per heavy atom. The molecule has 0 fully saturated rings. The highest BCUT2D eigenvalue weighted by molar-refractivity contribution is 6.32. The van der Waals surface area contributed by atoms with Crippen LogP contribution in [0.4, 0.5) is 5.82 Å². The Bertz CT molecular complexity index is 715. The lowest BCUT2D eigenvalue weighted by molar-refractivity contribution is -0.115. The Labute approximate surface area is 139 Å². The Morgan fingerprint density at radius 3 is 3.04 bits per heavy atom. The predicted octanol–water partition coefficient (Wildman–Crippen LogP) is 2.90. The van der Waals surface area contributed by atoms with E-state index in [0.717, 1.165) is 18.5 Å². The lowest BCUT2D eigenvalue weighted by atomic mass is 10.1. The van der Waals surface area contributed by atoms with E-state index in [1.807, 2.05) is 0 Å². The quantitative estimate of drug-likeness (QED) is 0.912. The molecule has 122 valence electrons. The number of anilines is 1. The third-order valence-corrected chi connectivity index (χ3v) is 3.72. The highest BCUT2D eigenvalue weighted by Crippen LogP contribution is 2.38. The van der Waals surface area contributed by atoms with E-state index in [1.54, 1.807) is 29.1 Å². The van der Waals surface area contributed by atoms with Crippen LogP contribution < -0.4 is 14.8 Å². The molecule has 0 radical (unpaired) electrons. The fourth-order valence-corrected chi connectivity index (χ4v) is 2.76. The van der Waals surface area contributed by atoms with E-state index in [0.29, 0.717) is 35.6 Å². The minimum absolute atomic E-state index is 0.129. The van der Waals surface area contributed by atoms with Gasteiger partial charge in [0.05, 0.1) is 17.6 Å². The van der Waals surface area contributed by atoms with Gasteiger partial charge in [-0.2, -0.15) is 5.10 Å². The summed E-state index contributed by atoms with van der Waals surface area (Å²) in [6.07, 6.45) is 2.82. The number of aromatic nitrogens is 2. The minimum atomic E-state index is -0.129. The smallest absolute Gasteiger partial charge is 0.229 e. The number of aryl methyl sites for hydroxylation is 1. The zero-order chi connectivity index (χ0) is 16.2. The van der Waals surface area contributed by atoms with Crippen molar-refractivity contribution in [3.63, 3.8) is 0 Å². The largest absolute Gasteiger partial charge is 0.486 e. The van der Waals surface area contributed by atoms with Gasteiger partial charge in [0.2, 0.25) is 5.91 Å². The van der Waals surface area contributed by atoms with Gasteiger partial charge in [-0.1, -0.05) is 18.5 Å².